The zero-order valence-electron chi connectivity index (χ0n) is 5.10. The van der Waals surface area contributed by atoms with Gasteiger partial charge in [-0.15, -0.1) is 0 Å². The van der Waals surface area contributed by atoms with Crippen LogP contribution < -0.4 is 10.9 Å². The Hall–Kier alpha value is -1.58. The van der Waals surface area contributed by atoms with Gasteiger partial charge in [0.05, 0.1) is 24.8 Å². The van der Waals surface area contributed by atoms with Crippen molar-refractivity contribution >= 4 is 12.4 Å². The first-order valence-electron chi connectivity index (χ1n) is 2.84. The van der Waals surface area contributed by atoms with E-state index in [1.54, 1.807) is 24.8 Å². The van der Waals surface area contributed by atoms with E-state index in [2.05, 4.69) is 21.1 Å². The highest BCUT2D eigenvalue weighted by atomic mass is 15.3. The Morgan fingerprint density at radius 3 is 1.60 bits per heavy atom. The average molecular weight is 132 g/mol. The predicted molar refractivity (Wildman–Crippen MR) is 37.4 cm³/mol. The molecule has 0 aromatic heterocycles. The zero-order valence-corrected chi connectivity index (χ0v) is 5.10. The molecule has 0 aromatic carbocycles. The smallest absolute Gasteiger partial charge is 0.0591 e. The molecule has 48 valence electrons. The van der Waals surface area contributed by atoms with Crippen molar-refractivity contribution in [1.29, 1.82) is 0 Å². The first-order chi connectivity index (χ1) is 4.97. The topological polar surface area (TPSA) is 52.9 Å². The van der Waals surface area contributed by atoms with Gasteiger partial charge in [0.1, 0.15) is 0 Å². The molecule has 4 heteroatoms. The first kappa shape index (κ1) is 5.22. The molecule has 2 aliphatic heterocycles. The van der Waals surface area contributed by atoms with Crippen LogP contribution in [0.1, 0.15) is 0 Å². The van der Waals surface area contributed by atoms with Crippen LogP contribution in [0.3, 0.4) is 0 Å². The summed E-state index contributed by atoms with van der Waals surface area (Å²) in [5.41, 5.74) is 9.27. The van der Waals surface area contributed by atoms with Gasteiger partial charge in [-0.1, -0.05) is 0 Å². The predicted octanol–water partition coefficient (Wildman–Crippen LogP) is -0.0382. The van der Waals surface area contributed by atoms with Crippen molar-refractivity contribution in [3.63, 3.8) is 0 Å². The number of rotatable bonds is 1. The third-order valence-electron chi connectivity index (χ3n) is 1.25. The molecule has 0 N–H and O–H groups in total. The van der Waals surface area contributed by atoms with E-state index in [0.29, 0.717) is 0 Å². The van der Waals surface area contributed by atoms with Crippen LogP contribution in [0.4, 0.5) is 0 Å². The minimum absolute atomic E-state index is 0.963. The van der Waals surface area contributed by atoms with E-state index in [9.17, 15) is 0 Å². The number of nitrogens with zero attached hydrogens (tertiary/aromatic N) is 4. The molecule has 0 fully saturated rings. The highest BCUT2D eigenvalue weighted by Crippen LogP contribution is 2.09. The van der Waals surface area contributed by atoms with Crippen LogP contribution in [-0.2, 0) is 0 Å². The van der Waals surface area contributed by atoms with Gasteiger partial charge in [0.15, 0.2) is 0 Å². The molecule has 0 atom stereocenters. The Bertz CT molecular complexity index is 231. The molecule has 0 aromatic rings. The Balaban J connectivity index is 2.26. The normalized spacial score (nSPS) is 20.0. The Kier molecular flexibility index (Phi) is 1.04. The van der Waals surface area contributed by atoms with Gasteiger partial charge < -0.3 is 0 Å². The maximum absolute atomic E-state index is 3.67. The van der Waals surface area contributed by atoms with Crippen LogP contribution in [0.5, 0.6) is 0 Å². The second-order valence-corrected chi connectivity index (χ2v) is 1.89. The van der Waals surface area contributed by atoms with Crippen molar-refractivity contribution in [2.75, 3.05) is 0 Å². The van der Waals surface area contributed by atoms with Crippen LogP contribution >= 0.6 is 0 Å². The molecule has 0 spiro atoms. The van der Waals surface area contributed by atoms with Crippen molar-refractivity contribution < 1.29 is 0 Å². The lowest BCUT2D eigenvalue weighted by atomic mass is 10.1. The summed E-state index contributed by atoms with van der Waals surface area (Å²) in [5, 5.41) is 7.35. The molecule has 2 aliphatic rings. The second kappa shape index (κ2) is 1.98. The molecule has 4 nitrogen and oxygen atoms in total. The van der Waals surface area contributed by atoms with E-state index in [1.165, 1.54) is 0 Å². The molecule has 0 bridgehead atoms. The van der Waals surface area contributed by atoms with Crippen molar-refractivity contribution in [3.05, 3.63) is 23.5 Å². The van der Waals surface area contributed by atoms with E-state index >= 15 is 0 Å². The van der Waals surface area contributed by atoms with Crippen molar-refractivity contribution in [2.45, 2.75) is 0 Å². The van der Waals surface area contributed by atoms with Crippen LogP contribution in [0, 0.1) is 0 Å². The van der Waals surface area contributed by atoms with Gasteiger partial charge in [0.25, 0.3) is 0 Å². The molecule has 2 radical (unpaired) electrons. The minimum Gasteiger partial charge on any atom is -0.158 e. The summed E-state index contributed by atoms with van der Waals surface area (Å²) >= 11 is 0. The van der Waals surface area contributed by atoms with E-state index in [4.69, 9.17) is 0 Å². The van der Waals surface area contributed by atoms with E-state index in [-0.39, 0.29) is 0 Å². The molecule has 0 saturated heterocycles. The van der Waals surface area contributed by atoms with Crippen molar-refractivity contribution in [1.82, 2.24) is 10.9 Å². The molecule has 0 unspecified atom stereocenters. The lowest BCUT2D eigenvalue weighted by Crippen LogP contribution is -1.86. The molecule has 10 heavy (non-hydrogen) atoms. The van der Waals surface area contributed by atoms with Crippen LogP contribution in [0.25, 0.3) is 0 Å². The van der Waals surface area contributed by atoms with Gasteiger partial charge in [-0.2, -0.15) is 21.1 Å². The summed E-state index contributed by atoms with van der Waals surface area (Å²) in [6, 6.07) is 0. The van der Waals surface area contributed by atoms with Crippen LogP contribution in [0.2, 0.25) is 0 Å². The summed E-state index contributed by atoms with van der Waals surface area (Å²) in [6.07, 6.45) is 6.72. The SMILES string of the molecule is C1=N[N]C=C1C1=C[N]N=C1. The van der Waals surface area contributed by atoms with Gasteiger partial charge in [0.2, 0.25) is 0 Å². The summed E-state index contributed by atoms with van der Waals surface area (Å²) in [6.45, 7) is 0. The standard InChI is InChI=1S/C6H4N4/c1-5(2-8-7-1)6-3-9-10-4-6/h1-4H. The molecular formula is C6H4N4. The van der Waals surface area contributed by atoms with Gasteiger partial charge in [-0.05, 0) is 0 Å². The lowest BCUT2D eigenvalue weighted by molar-refractivity contribution is 0.971. The molecule has 0 aliphatic carbocycles. The van der Waals surface area contributed by atoms with E-state index in [1.807, 2.05) is 0 Å². The molecular weight excluding hydrogens is 128 g/mol. The summed E-state index contributed by atoms with van der Waals surface area (Å²) in [7, 11) is 0. The Labute approximate surface area is 58.0 Å². The highest BCUT2D eigenvalue weighted by Gasteiger charge is 2.07. The number of hydrogen-bond acceptors (Lipinski definition) is 2. The minimum atomic E-state index is 0.963. The molecule has 2 rings (SSSR count). The van der Waals surface area contributed by atoms with Gasteiger partial charge in [0, 0.05) is 11.1 Å². The van der Waals surface area contributed by atoms with Gasteiger partial charge in [-0.25, -0.2) is 0 Å². The monoisotopic (exact) mass is 132 g/mol. The maximum atomic E-state index is 3.67. The van der Waals surface area contributed by atoms with E-state index < -0.39 is 0 Å². The average Bonchev–Trinajstić information content (AvgIpc) is 2.59. The Morgan fingerprint density at radius 2 is 1.30 bits per heavy atom. The quantitative estimate of drug-likeness (QED) is 0.480. The van der Waals surface area contributed by atoms with Crippen LogP contribution in [-0.4, -0.2) is 12.4 Å². The zero-order chi connectivity index (χ0) is 6.81. The number of hydrogen-bond donors (Lipinski definition) is 0. The summed E-state index contributed by atoms with van der Waals surface area (Å²) in [4.78, 5) is 0. The molecule has 0 amide bonds. The van der Waals surface area contributed by atoms with E-state index in [0.717, 1.165) is 11.1 Å². The Morgan fingerprint density at radius 1 is 0.800 bits per heavy atom. The fourth-order valence-electron chi connectivity index (χ4n) is 0.747. The lowest BCUT2D eigenvalue weighted by Gasteiger charge is -1.87. The summed E-state index contributed by atoms with van der Waals surface area (Å²) in [5.74, 6) is 0. The molecule has 2 heterocycles. The second-order valence-electron chi connectivity index (χ2n) is 1.89. The third-order valence-corrected chi connectivity index (χ3v) is 1.25. The number of allylic oxidation sites excluding steroid dienone is 2. The molecule has 0 saturated carbocycles. The largest absolute Gasteiger partial charge is 0.158 e. The first-order valence-corrected chi connectivity index (χ1v) is 2.84. The van der Waals surface area contributed by atoms with Crippen LogP contribution in [0.15, 0.2) is 33.7 Å². The van der Waals surface area contributed by atoms with Gasteiger partial charge in [-0.3, -0.25) is 0 Å². The highest BCUT2D eigenvalue weighted by molar-refractivity contribution is 5.99. The van der Waals surface area contributed by atoms with Crippen molar-refractivity contribution in [3.8, 4) is 0 Å². The van der Waals surface area contributed by atoms with Crippen molar-refractivity contribution in [2.24, 2.45) is 10.2 Å². The summed E-state index contributed by atoms with van der Waals surface area (Å²) < 4.78 is 0. The maximum Gasteiger partial charge on any atom is 0.0591 e. The van der Waals surface area contributed by atoms with Gasteiger partial charge >= 0.3 is 0 Å². The fraction of sp³-hybridized carbons (Fsp3) is 0. The third kappa shape index (κ3) is 0.699. The fourth-order valence-corrected chi connectivity index (χ4v) is 0.747.